The van der Waals surface area contributed by atoms with Gasteiger partial charge in [-0.1, -0.05) is 17.3 Å². The summed E-state index contributed by atoms with van der Waals surface area (Å²) < 4.78 is 7.24. The molecule has 6 nitrogen and oxygen atoms in total. The molecule has 1 N–H and O–H groups in total. The predicted octanol–water partition coefficient (Wildman–Crippen LogP) is 1.86. The highest BCUT2D eigenvalue weighted by atomic mass is 16.5. The first-order valence-corrected chi connectivity index (χ1v) is 6.62. The number of benzene rings is 1. The highest BCUT2D eigenvalue weighted by molar-refractivity contribution is 6.05. The van der Waals surface area contributed by atoms with Crippen molar-refractivity contribution in [2.75, 3.05) is 11.9 Å². The molecule has 6 heteroatoms. The molecule has 1 aromatic heterocycles. The van der Waals surface area contributed by atoms with Crippen LogP contribution in [0.1, 0.15) is 23.2 Å². The fraction of sp³-hybridized carbons (Fsp3) is 0.357. The van der Waals surface area contributed by atoms with Gasteiger partial charge >= 0.3 is 0 Å². The first-order valence-electron chi connectivity index (χ1n) is 6.62. The van der Waals surface area contributed by atoms with E-state index in [9.17, 15) is 4.79 Å². The average molecular weight is 272 g/mol. The quantitative estimate of drug-likeness (QED) is 0.902. The van der Waals surface area contributed by atoms with Gasteiger partial charge in [0.05, 0.1) is 18.4 Å². The lowest BCUT2D eigenvalue weighted by molar-refractivity contribution is 0.102. The standard InChI is InChI=1S/C14H16N4O2/c1-18-13(8-15-17-18)16-14(19)11-4-2-3-5-12(11)20-9-10-6-7-10/h2-5,8,10H,6-7,9H2,1H3,(H,16,19). The summed E-state index contributed by atoms with van der Waals surface area (Å²) in [4.78, 5) is 12.3. The van der Waals surface area contributed by atoms with Crippen LogP contribution in [-0.2, 0) is 7.05 Å². The van der Waals surface area contributed by atoms with Crippen LogP contribution in [0.4, 0.5) is 5.82 Å². The third-order valence-corrected chi connectivity index (χ3v) is 3.26. The van der Waals surface area contributed by atoms with Crippen LogP contribution >= 0.6 is 0 Å². The van der Waals surface area contributed by atoms with Crippen molar-refractivity contribution in [2.45, 2.75) is 12.8 Å². The van der Waals surface area contributed by atoms with Gasteiger partial charge in [-0.3, -0.25) is 4.79 Å². The predicted molar refractivity (Wildman–Crippen MR) is 73.6 cm³/mol. The third-order valence-electron chi connectivity index (χ3n) is 3.26. The molecule has 0 radical (unpaired) electrons. The lowest BCUT2D eigenvalue weighted by atomic mass is 10.2. The maximum Gasteiger partial charge on any atom is 0.260 e. The Morgan fingerprint density at radius 1 is 1.45 bits per heavy atom. The number of carbonyl (C=O) groups excluding carboxylic acids is 1. The molecule has 3 rings (SSSR count). The number of hydrogen-bond acceptors (Lipinski definition) is 4. The van der Waals surface area contributed by atoms with Crippen molar-refractivity contribution in [2.24, 2.45) is 13.0 Å². The molecule has 0 atom stereocenters. The molecule has 20 heavy (non-hydrogen) atoms. The lowest BCUT2D eigenvalue weighted by Gasteiger charge is -2.11. The fourth-order valence-electron chi connectivity index (χ4n) is 1.86. The molecule has 0 unspecified atom stereocenters. The van der Waals surface area contributed by atoms with Gasteiger partial charge in [-0.25, -0.2) is 4.68 Å². The Kier molecular flexibility index (Phi) is 3.37. The summed E-state index contributed by atoms with van der Waals surface area (Å²) in [5.41, 5.74) is 0.523. The highest BCUT2D eigenvalue weighted by Crippen LogP contribution is 2.30. The number of nitrogens with zero attached hydrogens (tertiary/aromatic N) is 3. The van der Waals surface area contributed by atoms with Crippen LogP contribution in [0.25, 0.3) is 0 Å². The number of aromatic nitrogens is 3. The van der Waals surface area contributed by atoms with E-state index in [2.05, 4.69) is 15.6 Å². The van der Waals surface area contributed by atoms with Gasteiger partial charge < -0.3 is 10.1 Å². The molecule has 104 valence electrons. The maximum absolute atomic E-state index is 12.3. The van der Waals surface area contributed by atoms with Gasteiger partial charge in [0.2, 0.25) is 0 Å². The van der Waals surface area contributed by atoms with Crippen LogP contribution < -0.4 is 10.1 Å². The van der Waals surface area contributed by atoms with Crippen molar-refractivity contribution < 1.29 is 9.53 Å². The van der Waals surface area contributed by atoms with E-state index in [1.165, 1.54) is 23.7 Å². The molecule has 1 aromatic carbocycles. The Labute approximate surface area is 116 Å². The van der Waals surface area contributed by atoms with Crippen molar-refractivity contribution >= 4 is 11.7 Å². The van der Waals surface area contributed by atoms with Crippen LogP contribution in [0, 0.1) is 5.92 Å². The van der Waals surface area contributed by atoms with Gasteiger partial charge in [-0.2, -0.15) is 0 Å². The molecule has 0 spiro atoms. The third kappa shape index (κ3) is 2.79. The summed E-state index contributed by atoms with van der Waals surface area (Å²) in [6, 6.07) is 7.26. The Balaban J connectivity index is 1.74. The molecule has 2 aromatic rings. The van der Waals surface area contributed by atoms with Crippen molar-refractivity contribution in [1.82, 2.24) is 15.0 Å². The number of nitrogens with one attached hydrogen (secondary N) is 1. The number of aryl methyl sites for hydroxylation is 1. The van der Waals surface area contributed by atoms with Crippen molar-refractivity contribution in [3.8, 4) is 5.75 Å². The minimum Gasteiger partial charge on any atom is -0.492 e. The van der Waals surface area contributed by atoms with Gasteiger partial charge in [0.15, 0.2) is 5.82 Å². The van der Waals surface area contributed by atoms with E-state index in [0.29, 0.717) is 29.7 Å². The minimum absolute atomic E-state index is 0.221. The van der Waals surface area contributed by atoms with Crippen LogP contribution in [0.2, 0.25) is 0 Å². The lowest BCUT2D eigenvalue weighted by Crippen LogP contribution is -2.16. The Bertz CT molecular complexity index is 619. The molecule has 1 saturated carbocycles. The number of hydrogen-bond donors (Lipinski definition) is 1. The molecular formula is C14H16N4O2. The highest BCUT2D eigenvalue weighted by Gasteiger charge is 2.23. The van der Waals surface area contributed by atoms with E-state index in [1.807, 2.05) is 18.2 Å². The SMILES string of the molecule is Cn1nncc1NC(=O)c1ccccc1OCC1CC1. The van der Waals surface area contributed by atoms with Crippen LogP contribution in [0.15, 0.2) is 30.5 Å². The number of carbonyl (C=O) groups is 1. The molecule has 1 amide bonds. The van der Waals surface area contributed by atoms with Crippen LogP contribution in [0.3, 0.4) is 0 Å². The Morgan fingerprint density at radius 3 is 2.95 bits per heavy atom. The summed E-state index contributed by atoms with van der Waals surface area (Å²) in [7, 11) is 1.72. The van der Waals surface area contributed by atoms with E-state index in [1.54, 1.807) is 13.1 Å². The van der Waals surface area contributed by atoms with Gasteiger partial charge in [0.25, 0.3) is 5.91 Å². The fourth-order valence-corrected chi connectivity index (χ4v) is 1.86. The molecule has 1 fully saturated rings. The molecule has 0 aliphatic heterocycles. The second-order valence-corrected chi connectivity index (χ2v) is 4.95. The smallest absolute Gasteiger partial charge is 0.260 e. The minimum atomic E-state index is -0.221. The zero-order valence-corrected chi connectivity index (χ0v) is 11.2. The number of para-hydroxylation sites is 1. The average Bonchev–Trinajstić information content (AvgIpc) is 3.21. The first kappa shape index (κ1) is 12.7. The summed E-state index contributed by atoms with van der Waals surface area (Å²) in [5, 5.41) is 10.3. The Hall–Kier alpha value is -2.37. The van der Waals surface area contributed by atoms with E-state index in [-0.39, 0.29) is 5.91 Å². The van der Waals surface area contributed by atoms with Crippen LogP contribution in [0.5, 0.6) is 5.75 Å². The second kappa shape index (κ2) is 5.32. The summed E-state index contributed by atoms with van der Waals surface area (Å²) in [5.74, 6) is 1.59. The van der Waals surface area contributed by atoms with Crippen molar-refractivity contribution in [3.63, 3.8) is 0 Å². The van der Waals surface area contributed by atoms with Gasteiger partial charge in [-0.15, -0.1) is 5.10 Å². The van der Waals surface area contributed by atoms with Gasteiger partial charge in [0, 0.05) is 7.05 Å². The maximum atomic E-state index is 12.3. The second-order valence-electron chi connectivity index (χ2n) is 4.95. The van der Waals surface area contributed by atoms with E-state index in [4.69, 9.17) is 4.74 Å². The Morgan fingerprint density at radius 2 is 2.25 bits per heavy atom. The summed E-state index contributed by atoms with van der Waals surface area (Å²) >= 11 is 0. The summed E-state index contributed by atoms with van der Waals surface area (Å²) in [6.07, 6.45) is 3.94. The molecule has 1 aliphatic carbocycles. The van der Waals surface area contributed by atoms with Gasteiger partial charge in [0.1, 0.15) is 5.75 Å². The number of rotatable bonds is 5. The van der Waals surface area contributed by atoms with Gasteiger partial charge in [-0.05, 0) is 30.9 Å². The molecule has 1 aliphatic rings. The first-order chi connectivity index (χ1) is 9.74. The van der Waals surface area contributed by atoms with E-state index >= 15 is 0 Å². The van der Waals surface area contributed by atoms with Crippen molar-refractivity contribution in [3.05, 3.63) is 36.0 Å². The van der Waals surface area contributed by atoms with Crippen molar-refractivity contribution in [1.29, 1.82) is 0 Å². The molecular weight excluding hydrogens is 256 g/mol. The number of anilines is 1. The molecule has 0 bridgehead atoms. The van der Waals surface area contributed by atoms with Crippen LogP contribution in [-0.4, -0.2) is 27.5 Å². The topological polar surface area (TPSA) is 69.0 Å². The largest absolute Gasteiger partial charge is 0.492 e. The molecule has 1 heterocycles. The number of amides is 1. The van der Waals surface area contributed by atoms with E-state index < -0.39 is 0 Å². The summed E-state index contributed by atoms with van der Waals surface area (Å²) in [6.45, 7) is 0.678. The normalized spacial score (nSPS) is 14.1. The molecule has 0 saturated heterocycles. The monoisotopic (exact) mass is 272 g/mol. The van der Waals surface area contributed by atoms with E-state index in [0.717, 1.165) is 0 Å². The number of ether oxygens (including phenoxy) is 1. The zero-order valence-electron chi connectivity index (χ0n) is 11.2. The zero-order chi connectivity index (χ0) is 13.9.